The van der Waals surface area contributed by atoms with Gasteiger partial charge in [-0.1, -0.05) is 35.3 Å². The summed E-state index contributed by atoms with van der Waals surface area (Å²) >= 11 is 11.3. The summed E-state index contributed by atoms with van der Waals surface area (Å²) in [5.41, 5.74) is -2.92. The van der Waals surface area contributed by atoms with E-state index >= 15 is 0 Å². The van der Waals surface area contributed by atoms with Gasteiger partial charge in [-0.05, 0) is 42.8 Å². The molecule has 0 spiro atoms. The molecular formula is C17H11Cl2F3N2O4S. The Bertz CT molecular complexity index is 1120. The molecule has 6 nitrogen and oxygen atoms in total. The van der Waals surface area contributed by atoms with Gasteiger partial charge >= 0.3 is 12.2 Å². The number of rotatable bonds is 3. The van der Waals surface area contributed by atoms with Gasteiger partial charge in [0.25, 0.3) is 15.9 Å². The van der Waals surface area contributed by atoms with Crippen LogP contribution in [0.5, 0.6) is 0 Å². The minimum absolute atomic E-state index is 0.0923. The summed E-state index contributed by atoms with van der Waals surface area (Å²) in [4.78, 5) is 24.3. The van der Waals surface area contributed by atoms with Gasteiger partial charge in [0, 0.05) is 5.02 Å². The van der Waals surface area contributed by atoms with E-state index in [4.69, 9.17) is 23.2 Å². The largest absolute Gasteiger partial charge is 0.417 e. The average molecular weight is 467 g/mol. The number of nitrogens with one attached hydrogen (secondary N) is 1. The van der Waals surface area contributed by atoms with Crippen molar-refractivity contribution in [2.45, 2.75) is 23.5 Å². The first-order chi connectivity index (χ1) is 13.3. The van der Waals surface area contributed by atoms with Crippen molar-refractivity contribution in [2.24, 2.45) is 0 Å². The number of carbonyl (C=O) groups excluding carboxylic acids is 2. The van der Waals surface area contributed by atoms with Crippen molar-refractivity contribution in [3.05, 3.63) is 63.6 Å². The van der Waals surface area contributed by atoms with Gasteiger partial charge in [0.15, 0.2) is 0 Å². The Morgan fingerprint density at radius 2 is 1.62 bits per heavy atom. The average Bonchev–Trinajstić information content (AvgIpc) is 2.84. The van der Waals surface area contributed by atoms with Crippen molar-refractivity contribution in [1.29, 1.82) is 0 Å². The third-order valence-electron chi connectivity index (χ3n) is 4.36. The third kappa shape index (κ3) is 3.56. The summed E-state index contributed by atoms with van der Waals surface area (Å²) in [6.45, 7) is 1.27. The molecule has 1 fully saturated rings. The van der Waals surface area contributed by atoms with Crippen LogP contribution in [0.3, 0.4) is 0 Å². The van der Waals surface area contributed by atoms with Crippen molar-refractivity contribution in [3.63, 3.8) is 0 Å². The van der Waals surface area contributed by atoms with E-state index in [-0.39, 0.29) is 15.9 Å². The molecule has 12 heteroatoms. The summed E-state index contributed by atoms with van der Waals surface area (Å²) < 4.78 is 64.8. The van der Waals surface area contributed by atoms with Crippen LogP contribution >= 0.6 is 23.2 Å². The van der Waals surface area contributed by atoms with Gasteiger partial charge in [0.2, 0.25) is 0 Å². The molecule has 1 aliphatic rings. The fourth-order valence-corrected chi connectivity index (χ4v) is 4.53. The number of halogens is 5. The number of amides is 3. The van der Waals surface area contributed by atoms with Crippen LogP contribution in [0.2, 0.25) is 10.0 Å². The molecule has 0 aliphatic carbocycles. The van der Waals surface area contributed by atoms with Crippen LogP contribution in [-0.2, 0) is 26.5 Å². The number of alkyl halides is 3. The van der Waals surface area contributed by atoms with Crippen LogP contribution in [0, 0.1) is 0 Å². The molecular weight excluding hydrogens is 456 g/mol. The van der Waals surface area contributed by atoms with Crippen LogP contribution in [-0.4, -0.2) is 24.7 Å². The Kier molecular flexibility index (Phi) is 5.09. The molecule has 29 heavy (non-hydrogen) atoms. The standard InChI is InChI=1S/C17H11Cl2F3N2O4S/c1-16(9-2-4-10(18)5-3-9)14(25)24(15(26)23-16)29(27,28)11-6-7-13(19)12(8-11)17(20,21)22/h2-8H,1H3,(H,23,26). The van der Waals surface area contributed by atoms with E-state index in [9.17, 15) is 31.2 Å². The van der Waals surface area contributed by atoms with Crippen LogP contribution in [0.1, 0.15) is 18.1 Å². The van der Waals surface area contributed by atoms with E-state index in [0.717, 1.165) is 12.1 Å². The lowest BCUT2D eigenvalue weighted by molar-refractivity contribution is -0.137. The monoisotopic (exact) mass is 466 g/mol. The van der Waals surface area contributed by atoms with Crippen LogP contribution in [0.15, 0.2) is 47.4 Å². The van der Waals surface area contributed by atoms with Crippen molar-refractivity contribution in [2.75, 3.05) is 0 Å². The number of sulfonamides is 1. The highest BCUT2D eigenvalue weighted by Crippen LogP contribution is 2.38. The Balaban J connectivity index is 2.07. The maximum absolute atomic E-state index is 13.1. The summed E-state index contributed by atoms with van der Waals surface area (Å²) in [7, 11) is -4.94. The number of hydrogen-bond acceptors (Lipinski definition) is 4. The Morgan fingerprint density at radius 1 is 1.03 bits per heavy atom. The van der Waals surface area contributed by atoms with Gasteiger partial charge in [0.05, 0.1) is 15.5 Å². The van der Waals surface area contributed by atoms with Crippen molar-refractivity contribution < 1.29 is 31.2 Å². The molecule has 2 aromatic carbocycles. The lowest BCUT2D eigenvalue weighted by Gasteiger charge is -2.22. The predicted octanol–water partition coefficient (Wildman–Crippen LogP) is 4.17. The molecule has 1 aliphatic heterocycles. The third-order valence-corrected chi connectivity index (χ3v) is 6.60. The van der Waals surface area contributed by atoms with Gasteiger partial charge in [-0.25, -0.2) is 13.2 Å². The second-order valence-corrected chi connectivity index (χ2v) is 8.91. The maximum atomic E-state index is 13.1. The molecule has 2 aromatic rings. The molecule has 0 saturated carbocycles. The van der Waals surface area contributed by atoms with E-state index in [1.807, 2.05) is 0 Å². The quantitative estimate of drug-likeness (QED) is 0.688. The summed E-state index contributed by atoms with van der Waals surface area (Å²) in [6, 6.07) is 6.20. The minimum Gasteiger partial charge on any atom is -0.318 e. The van der Waals surface area contributed by atoms with E-state index < -0.39 is 49.2 Å². The van der Waals surface area contributed by atoms with Crippen molar-refractivity contribution >= 4 is 45.2 Å². The molecule has 1 heterocycles. The predicted molar refractivity (Wildman–Crippen MR) is 97.8 cm³/mol. The highest BCUT2D eigenvalue weighted by atomic mass is 35.5. The molecule has 1 saturated heterocycles. The van der Waals surface area contributed by atoms with Crippen LogP contribution < -0.4 is 5.32 Å². The second-order valence-electron chi connectivity index (χ2n) is 6.28. The number of imide groups is 1. The topological polar surface area (TPSA) is 83.6 Å². The minimum atomic E-state index is -4.94. The Labute approximate surface area is 173 Å². The molecule has 1 unspecified atom stereocenters. The Hall–Kier alpha value is -2.30. The van der Waals surface area contributed by atoms with Crippen molar-refractivity contribution in [3.8, 4) is 0 Å². The molecule has 0 bridgehead atoms. The van der Waals surface area contributed by atoms with Gasteiger partial charge in [-0.2, -0.15) is 13.2 Å². The fourth-order valence-electron chi connectivity index (χ4n) is 2.80. The second kappa shape index (κ2) is 6.89. The molecule has 0 radical (unpaired) electrons. The highest BCUT2D eigenvalue weighted by molar-refractivity contribution is 7.90. The van der Waals surface area contributed by atoms with E-state index in [1.54, 1.807) is 0 Å². The summed E-state index contributed by atoms with van der Waals surface area (Å²) in [5.74, 6) is -1.17. The van der Waals surface area contributed by atoms with Crippen LogP contribution in [0.4, 0.5) is 18.0 Å². The highest BCUT2D eigenvalue weighted by Gasteiger charge is 2.54. The maximum Gasteiger partial charge on any atom is 0.417 e. The van der Waals surface area contributed by atoms with Gasteiger partial charge < -0.3 is 5.32 Å². The zero-order chi connectivity index (χ0) is 21.8. The van der Waals surface area contributed by atoms with Gasteiger partial charge in [0.1, 0.15) is 5.54 Å². The molecule has 1 atom stereocenters. The normalized spacial score (nSPS) is 20.1. The van der Waals surface area contributed by atoms with E-state index in [0.29, 0.717) is 5.02 Å². The molecule has 0 aromatic heterocycles. The molecule has 154 valence electrons. The fraction of sp³-hybridized carbons (Fsp3) is 0.176. The summed E-state index contributed by atoms with van der Waals surface area (Å²) in [6.07, 6.45) is -4.93. The zero-order valence-corrected chi connectivity index (χ0v) is 16.7. The first-order valence-corrected chi connectivity index (χ1v) is 10.0. The summed E-state index contributed by atoms with van der Waals surface area (Å²) in [5, 5.41) is 1.89. The van der Waals surface area contributed by atoms with Crippen molar-refractivity contribution in [1.82, 2.24) is 9.62 Å². The zero-order valence-electron chi connectivity index (χ0n) is 14.4. The first-order valence-electron chi connectivity index (χ1n) is 7.83. The lowest BCUT2D eigenvalue weighted by Crippen LogP contribution is -2.42. The first kappa shape index (κ1) is 21.4. The Morgan fingerprint density at radius 3 is 2.17 bits per heavy atom. The number of nitrogens with zero attached hydrogens (tertiary/aromatic N) is 1. The molecule has 1 N–H and O–H groups in total. The molecule has 3 rings (SSSR count). The van der Waals surface area contributed by atoms with E-state index in [1.165, 1.54) is 31.2 Å². The van der Waals surface area contributed by atoms with Gasteiger partial charge in [-0.3, -0.25) is 4.79 Å². The number of urea groups is 1. The number of benzene rings is 2. The van der Waals surface area contributed by atoms with Crippen LogP contribution in [0.25, 0.3) is 0 Å². The van der Waals surface area contributed by atoms with Gasteiger partial charge in [-0.15, -0.1) is 4.31 Å². The SMILES string of the molecule is CC1(c2ccc(Cl)cc2)NC(=O)N(S(=O)(=O)c2ccc(Cl)c(C(F)(F)F)c2)C1=O. The lowest BCUT2D eigenvalue weighted by atomic mass is 9.92. The smallest absolute Gasteiger partial charge is 0.318 e. The number of carbonyl (C=O) groups is 2. The molecule has 3 amide bonds. The van der Waals surface area contributed by atoms with E-state index in [2.05, 4.69) is 5.32 Å². The number of hydrogen-bond donors (Lipinski definition) is 1.